The fourth-order valence-electron chi connectivity index (χ4n) is 3.00. The summed E-state index contributed by atoms with van der Waals surface area (Å²) in [5.41, 5.74) is 3.52. The van der Waals surface area contributed by atoms with Crippen LogP contribution >= 0.6 is 0 Å². The number of pyridine rings is 1. The maximum Gasteiger partial charge on any atom is 0.0717 e. The molecule has 0 unspecified atom stereocenters. The summed E-state index contributed by atoms with van der Waals surface area (Å²) < 4.78 is 0. The van der Waals surface area contributed by atoms with Crippen LogP contribution in [0.15, 0.2) is 48.8 Å². The molecule has 2 aromatic rings. The van der Waals surface area contributed by atoms with Crippen molar-refractivity contribution in [3.8, 4) is 11.1 Å². The molecule has 1 aliphatic rings. The molecule has 1 fully saturated rings. The van der Waals surface area contributed by atoms with Crippen LogP contribution in [0.1, 0.15) is 12.0 Å². The van der Waals surface area contributed by atoms with E-state index in [9.17, 15) is 10.2 Å². The summed E-state index contributed by atoms with van der Waals surface area (Å²) in [5, 5.41) is 19.2. The number of likely N-dealkylation sites (tertiary alicyclic amines) is 1. The first-order chi connectivity index (χ1) is 10.8. The molecule has 4 nitrogen and oxygen atoms in total. The summed E-state index contributed by atoms with van der Waals surface area (Å²) in [6.07, 6.45) is 4.07. The Hall–Kier alpha value is -1.75. The van der Waals surface area contributed by atoms with Crippen molar-refractivity contribution in [3.63, 3.8) is 0 Å². The van der Waals surface area contributed by atoms with Crippen molar-refractivity contribution in [2.24, 2.45) is 5.92 Å². The highest BCUT2D eigenvalue weighted by atomic mass is 16.3. The second kappa shape index (κ2) is 7.01. The Labute approximate surface area is 131 Å². The van der Waals surface area contributed by atoms with Crippen LogP contribution < -0.4 is 0 Å². The van der Waals surface area contributed by atoms with Gasteiger partial charge in [-0.25, -0.2) is 0 Å². The Morgan fingerprint density at radius 1 is 1.14 bits per heavy atom. The minimum atomic E-state index is -0.423. The SMILES string of the molecule is OC[C@H]1CCN(Cc2ccc(-c3cccnc3)cc2)C[C@H]1O. The van der Waals surface area contributed by atoms with E-state index in [4.69, 9.17) is 0 Å². The van der Waals surface area contributed by atoms with Gasteiger partial charge in [-0.1, -0.05) is 30.3 Å². The largest absolute Gasteiger partial charge is 0.396 e. The summed E-state index contributed by atoms with van der Waals surface area (Å²) in [5.74, 6) is 0.0317. The molecule has 0 spiro atoms. The Morgan fingerprint density at radius 3 is 2.59 bits per heavy atom. The number of benzene rings is 1. The molecule has 0 bridgehead atoms. The first kappa shape index (κ1) is 15.2. The predicted molar refractivity (Wildman–Crippen MR) is 86.1 cm³/mol. The van der Waals surface area contributed by atoms with Crippen molar-refractivity contribution < 1.29 is 10.2 Å². The van der Waals surface area contributed by atoms with E-state index in [-0.39, 0.29) is 12.5 Å². The molecule has 3 rings (SSSR count). The fourth-order valence-corrected chi connectivity index (χ4v) is 3.00. The van der Waals surface area contributed by atoms with Crippen molar-refractivity contribution in [2.75, 3.05) is 19.7 Å². The maximum atomic E-state index is 10.0. The Morgan fingerprint density at radius 2 is 1.95 bits per heavy atom. The number of aliphatic hydroxyl groups is 2. The van der Waals surface area contributed by atoms with Crippen LogP contribution in [0.4, 0.5) is 0 Å². The summed E-state index contributed by atoms with van der Waals surface area (Å²) >= 11 is 0. The lowest BCUT2D eigenvalue weighted by atomic mass is 9.94. The second-order valence-electron chi connectivity index (χ2n) is 5.97. The molecule has 0 saturated carbocycles. The first-order valence-electron chi connectivity index (χ1n) is 7.77. The molecule has 0 radical (unpaired) electrons. The zero-order chi connectivity index (χ0) is 15.4. The third-order valence-corrected chi connectivity index (χ3v) is 4.40. The van der Waals surface area contributed by atoms with E-state index in [1.54, 1.807) is 6.20 Å². The van der Waals surface area contributed by atoms with Gasteiger partial charge in [0.15, 0.2) is 0 Å². The van der Waals surface area contributed by atoms with Crippen LogP contribution in [0.5, 0.6) is 0 Å². The topological polar surface area (TPSA) is 56.6 Å². The molecule has 2 heterocycles. The van der Waals surface area contributed by atoms with Gasteiger partial charge in [-0.15, -0.1) is 0 Å². The number of piperidine rings is 1. The quantitative estimate of drug-likeness (QED) is 0.905. The van der Waals surface area contributed by atoms with Gasteiger partial charge in [0.05, 0.1) is 6.10 Å². The van der Waals surface area contributed by atoms with E-state index in [1.807, 2.05) is 12.3 Å². The van der Waals surface area contributed by atoms with Crippen LogP contribution in [0.3, 0.4) is 0 Å². The van der Waals surface area contributed by atoms with E-state index in [0.717, 1.165) is 30.6 Å². The van der Waals surface area contributed by atoms with E-state index in [2.05, 4.69) is 40.2 Å². The average molecular weight is 298 g/mol. The van der Waals surface area contributed by atoms with Gasteiger partial charge in [0.1, 0.15) is 0 Å². The average Bonchev–Trinajstić information content (AvgIpc) is 2.57. The predicted octanol–water partition coefficient (Wildman–Crippen LogP) is 1.92. The number of β-amino-alcohol motifs (C(OH)–C–C–N with tert-alkyl or cyclic N) is 1. The van der Waals surface area contributed by atoms with Crippen LogP contribution in [-0.4, -0.2) is 45.9 Å². The Bertz CT molecular complexity index is 586. The number of aromatic nitrogens is 1. The molecule has 1 aromatic heterocycles. The van der Waals surface area contributed by atoms with E-state index in [1.165, 1.54) is 5.56 Å². The van der Waals surface area contributed by atoms with Crippen LogP contribution in [0, 0.1) is 5.92 Å². The minimum absolute atomic E-state index is 0.0317. The number of hydrogen-bond acceptors (Lipinski definition) is 4. The molecule has 0 aliphatic carbocycles. The van der Waals surface area contributed by atoms with Crippen LogP contribution in [-0.2, 0) is 6.54 Å². The zero-order valence-corrected chi connectivity index (χ0v) is 12.6. The van der Waals surface area contributed by atoms with Gasteiger partial charge in [0.2, 0.25) is 0 Å². The molecular weight excluding hydrogens is 276 g/mol. The molecule has 2 N–H and O–H groups in total. The van der Waals surface area contributed by atoms with Gasteiger partial charge in [-0.3, -0.25) is 9.88 Å². The van der Waals surface area contributed by atoms with Gasteiger partial charge >= 0.3 is 0 Å². The number of aliphatic hydroxyl groups excluding tert-OH is 2. The number of hydrogen-bond donors (Lipinski definition) is 2. The standard InChI is InChI=1S/C18H22N2O2/c21-13-17-7-9-20(12-18(17)22)11-14-3-5-15(6-4-14)16-2-1-8-19-10-16/h1-6,8,10,17-18,21-22H,7,9,11-13H2/t17-,18-/m1/s1. The van der Waals surface area contributed by atoms with Gasteiger partial charge in [-0.2, -0.15) is 0 Å². The Kier molecular flexibility index (Phi) is 4.83. The van der Waals surface area contributed by atoms with Gasteiger partial charge in [0.25, 0.3) is 0 Å². The molecule has 1 aromatic carbocycles. The molecule has 4 heteroatoms. The highest BCUT2D eigenvalue weighted by Gasteiger charge is 2.26. The summed E-state index contributed by atoms with van der Waals surface area (Å²) in [4.78, 5) is 6.39. The van der Waals surface area contributed by atoms with Gasteiger partial charge < -0.3 is 10.2 Å². The lowest BCUT2D eigenvalue weighted by Crippen LogP contribution is -2.44. The van der Waals surface area contributed by atoms with Gasteiger partial charge in [0, 0.05) is 38.0 Å². The third-order valence-electron chi connectivity index (χ3n) is 4.40. The summed E-state index contributed by atoms with van der Waals surface area (Å²) in [6, 6.07) is 12.5. The fraction of sp³-hybridized carbons (Fsp3) is 0.389. The monoisotopic (exact) mass is 298 g/mol. The van der Waals surface area contributed by atoms with Crippen molar-refractivity contribution in [1.29, 1.82) is 0 Å². The molecular formula is C18H22N2O2. The normalized spacial score (nSPS) is 22.6. The molecule has 1 saturated heterocycles. The maximum absolute atomic E-state index is 10.0. The molecule has 2 atom stereocenters. The highest BCUT2D eigenvalue weighted by molar-refractivity contribution is 5.62. The number of nitrogens with zero attached hydrogens (tertiary/aromatic N) is 2. The molecule has 0 amide bonds. The molecule has 22 heavy (non-hydrogen) atoms. The van der Waals surface area contributed by atoms with Crippen LogP contribution in [0.25, 0.3) is 11.1 Å². The second-order valence-corrected chi connectivity index (χ2v) is 5.97. The van der Waals surface area contributed by atoms with Crippen molar-refractivity contribution in [2.45, 2.75) is 19.1 Å². The number of rotatable bonds is 4. The van der Waals surface area contributed by atoms with Crippen molar-refractivity contribution >= 4 is 0 Å². The summed E-state index contributed by atoms with van der Waals surface area (Å²) in [7, 11) is 0. The minimum Gasteiger partial charge on any atom is -0.396 e. The summed E-state index contributed by atoms with van der Waals surface area (Å²) in [6.45, 7) is 2.47. The van der Waals surface area contributed by atoms with E-state index >= 15 is 0 Å². The van der Waals surface area contributed by atoms with E-state index in [0.29, 0.717) is 6.54 Å². The molecule has 116 valence electrons. The van der Waals surface area contributed by atoms with Gasteiger partial charge in [-0.05, 0) is 35.7 Å². The van der Waals surface area contributed by atoms with Crippen molar-refractivity contribution in [3.05, 3.63) is 54.4 Å². The highest BCUT2D eigenvalue weighted by Crippen LogP contribution is 2.21. The van der Waals surface area contributed by atoms with E-state index < -0.39 is 6.10 Å². The lowest BCUT2D eigenvalue weighted by molar-refractivity contribution is -0.00443. The molecule has 1 aliphatic heterocycles. The van der Waals surface area contributed by atoms with Crippen LogP contribution in [0.2, 0.25) is 0 Å². The third kappa shape index (κ3) is 3.53. The first-order valence-corrected chi connectivity index (χ1v) is 7.77. The zero-order valence-electron chi connectivity index (χ0n) is 12.6. The van der Waals surface area contributed by atoms with Crippen molar-refractivity contribution in [1.82, 2.24) is 9.88 Å². The lowest BCUT2D eigenvalue weighted by Gasteiger charge is -2.35. The Balaban J connectivity index is 1.62. The smallest absolute Gasteiger partial charge is 0.0717 e.